The van der Waals surface area contributed by atoms with Crippen molar-refractivity contribution in [2.45, 2.75) is 32.2 Å². The van der Waals surface area contributed by atoms with Crippen LogP contribution in [0.3, 0.4) is 0 Å². The fourth-order valence-electron chi connectivity index (χ4n) is 2.39. The number of aromatic nitrogens is 3. The van der Waals surface area contributed by atoms with Crippen LogP contribution in [0.4, 0.5) is 0 Å². The number of aryl methyl sites for hydroxylation is 3. The third-order valence-corrected chi connectivity index (χ3v) is 5.15. The van der Waals surface area contributed by atoms with Crippen molar-refractivity contribution in [3.63, 3.8) is 0 Å². The lowest BCUT2D eigenvalue weighted by Crippen LogP contribution is -2.25. The van der Waals surface area contributed by atoms with Crippen molar-refractivity contribution >= 4 is 21.1 Å². The minimum absolute atomic E-state index is 0.0516. The molecule has 120 valence electrons. The second-order valence-corrected chi connectivity index (χ2v) is 6.93. The Morgan fingerprint density at radius 3 is 2.30 bits per heavy atom. The van der Waals surface area contributed by atoms with Gasteiger partial charge in [0.1, 0.15) is 10.6 Å². The summed E-state index contributed by atoms with van der Waals surface area (Å²) in [5.74, 6) is 0.260. The molecule has 2 heterocycles. The average Bonchev–Trinajstić information content (AvgIpc) is 2.85. The maximum Gasteiger partial charge on any atom is 0.246 e. The van der Waals surface area contributed by atoms with Crippen LogP contribution in [0, 0.1) is 20.8 Å². The van der Waals surface area contributed by atoms with E-state index in [0.717, 1.165) is 11.0 Å². The van der Waals surface area contributed by atoms with E-state index in [4.69, 9.17) is 4.52 Å². The molecule has 23 heavy (non-hydrogen) atoms. The van der Waals surface area contributed by atoms with Crippen LogP contribution in [0.25, 0.3) is 11.0 Å². The highest BCUT2D eigenvalue weighted by Crippen LogP contribution is 2.19. The number of nitrogens with one attached hydrogen (secondary N) is 1. The van der Waals surface area contributed by atoms with Crippen LogP contribution >= 0.6 is 0 Å². The molecule has 0 aliphatic rings. The Bertz CT molecular complexity index is 960. The molecule has 0 atom stereocenters. The van der Waals surface area contributed by atoms with Crippen molar-refractivity contribution in [2.24, 2.45) is 0 Å². The van der Waals surface area contributed by atoms with Gasteiger partial charge in [0.25, 0.3) is 0 Å². The molecular formula is C15H16N4O3S. The van der Waals surface area contributed by atoms with Crippen LogP contribution in [0.2, 0.25) is 0 Å². The highest BCUT2D eigenvalue weighted by atomic mass is 32.2. The molecule has 0 aliphatic heterocycles. The monoisotopic (exact) mass is 332 g/mol. The van der Waals surface area contributed by atoms with E-state index < -0.39 is 10.0 Å². The first-order chi connectivity index (χ1) is 10.9. The predicted molar refractivity (Wildman–Crippen MR) is 84.3 cm³/mol. The summed E-state index contributed by atoms with van der Waals surface area (Å²) in [7, 11) is -3.72. The molecule has 0 saturated carbocycles. The molecule has 2 aromatic heterocycles. The van der Waals surface area contributed by atoms with E-state index in [0.29, 0.717) is 17.1 Å². The Morgan fingerprint density at radius 2 is 1.70 bits per heavy atom. The second kappa shape index (κ2) is 5.71. The van der Waals surface area contributed by atoms with Crippen molar-refractivity contribution in [1.82, 2.24) is 19.8 Å². The third-order valence-electron chi connectivity index (χ3n) is 3.51. The minimum Gasteiger partial charge on any atom is -0.360 e. The van der Waals surface area contributed by atoms with E-state index in [1.807, 2.05) is 24.3 Å². The fraction of sp³-hybridized carbons (Fsp3) is 0.267. The number of para-hydroxylation sites is 2. The first kappa shape index (κ1) is 15.6. The van der Waals surface area contributed by atoms with Crippen LogP contribution in [0.15, 0.2) is 33.7 Å². The van der Waals surface area contributed by atoms with Crippen LogP contribution in [0.1, 0.15) is 22.8 Å². The molecule has 0 radical (unpaired) electrons. The van der Waals surface area contributed by atoms with Crippen molar-refractivity contribution in [1.29, 1.82) is 0 Å². The fourth-order valence-corrected chi connectivity index (χ4v) is 3.70. The molecule has 0 saturated heterocycles. The van der Waals surface area contributed by atoms with Gasteiger partial charge < -0.3 is 4.52 Å². The van der Waals surface area contributed by atoms with Gasteiger partial charge in [-0.25, -0.2) is 23.1 Å². The Kier molecular flexibility index (Phi) is 3.87. The van der Waals surface area contributed by atoms with Crippen molar-refractivity contribution in [3.05, 3.63) is 47.1 Å². The highest BCUT2D eigenvalue weighted by Gasteiger charge is 2.24. The van der Waals surface area contributed by atoms with Gasteiger partial charge in [0.05, 0.1) is 29.0 Å². The van der Waals surface area contributed by atoms with E-state index in [1.165, 1.54) is 0 Å². The number of hydrogen-bond acceptors (Lipinski definition) is 6. The van der Waals surface area contributed by atoms with E-state index >= 15 is 0 Å². The van der Waals surface area contributed by atoms with Gasteiger partial charge in [0, 0.05) is 0 Å². The first-order valence-corrected chi connectivity index (χ1v) is 8.51. The number of benzene rings is 1. The molecule has 0 spiro atoms. The maximum absolute atomic E-state index is 12.4. The van der Waals surface area contributed by atoms with Gasteiger partial charge in [-0.15, -0.1) is 0 Å². The van der Waals surface area contributed by atoms with Gasteiger partial charge in [-0.2, -0.15) is 0 Å². The van der Waals surface area contributed by atoms with Gasteiger partial charge in [0.2, 0.25) is 10.0 Å². The van der Waals surface area contributed by atoms with Gasteiger partial charge in [-0.3, -0.25) is 0 Å². The number of fused-ring (bicyclic) bond motifs is 1. The molecule has 1 aromatic carbocycles. The summed E-state index contributed by atoms with van der Waals surface area (Å²) in [4.78, 5) is 8.99. The largest absolute Gasteiger partial charge is 0.360 e. The lowest BCUT2D eigenvalue weighted by atomic mass is 10.2. The standard InChI is InChI=1S/C15H16N4O3S/c1-9-14(18-13-7-5-4-6-12(13)17-9)8-16-23(20,21)15-10(2)19-22-11(15)3/h4-7,16H,8H2,1-3H3. The lowest BCUT2D eigenvalue weighted by molar-refractivity contribution is 0.390. The van der Waals surface area contributed by atoms with Crippen molar-refractivity contribution in [2.75, 3.05) is 0 Å². The molecule has 1 N–H and O–H groups in total. The maximum atomic E-state index is 12.4. The molecule has 8 heteroatoms. The molecule has 0 aliphatic carbocycles. The van der Waals surface area contributed by atoms with Crippen LogP contribution in [0.5, 0.6) is 0 Å². The third kappa shape index (κ3) is 2.95. The predicted octanol–water partition coefficient (Wildman–Crippen LogP) is 2.02. The minimum atomic E-state index is -3.72. The summed E-state index contributed by atoms with van der Waals surface area (Å²) in [5, 5.41) is 3.67. The molecule has 3 rings (SSSR count). The lowest BCUT2D eigenvalue weighted by Gasteiger charge is -2.08. The topological polar surface area (TPSA) is 98.0 Å². The first-order valence-electron chi connectivity index (χ1n) is 7.03. The second-order valence-electron chi connectivity index (χ2n) is 5.22. The summed E-state index contributed by atoms with van der Waals surface area (Å²) in [6.45, 7) is 5.01. The number of rotatable bonds is 4. The molecule has 3 aromatic rings. The SMILES string of the molecule is Cc1nc2ccccc2nc1CNS(=O)(=O)c1c(C)noc1C. The van der Waals surface area contributed by atoms with Gasteiger partial charge >= 0.3 is 0 Å². The zero-order chi connectivity index (χ0) is 16.6. The van der Waals surface area contributed by atoms with Gasteiger partial charge in [-0.1, -0.05) is 17.3 Å². The molecular weight excluding hydrogens is 316 g/mol. The van der Waals surface area contributed by atoms with Gasteiger partial charge in [-0.05, 0) is 32.9 Å². The number of hydrogen-bond donors (Lipinski definition) is 1. The Morgan fingerprint density at radius 1 is 1.04 bits per heavy atom. The zero-order valence-electron chi connectivity index (χ0n) is 13.0. The Hall–Kier alpha value is -2.32. The zero-order valence-corrected chi connectivity index (χ0v) is 13.8. The van der Waals surface area contributed by atoms with E-state index in [-0.39, 0.29) is 17.2 Å². The average molecular weight is 332 g/mol. The summed E-state index contributed by atoms with van der Waals surface area (Å²) in [5.41, 5.74) is 3.10. The Labute approximate surface area is 133 Å². The van der Waals surface area contributed by atoms with Crippen LogP contribution in [-0.2, 0) is 16.6 Å². The van der Waals surface area contributed by atoms with Crippen LogP contribution < -0.4 is 4.72 Å². The summed E-state index contributed by atoms with van der Waals surface area (Å²) in [6.07, 6.45) is 0. The van der Waals surface area contributed by atoms with E-state index in [9.17, 15) is 8.42 Å². The van der Waals surface area contributed by atoms with E-state index in [1.54, 1.807) is 20.8 Å². The molecule has 0 amide bonds. The summed E-state index contributed by atoms with van der Waals surface area (Å²) < 4.78 is 32.3. The number of sulfonamides is 1. The quantitative estimate of drug-likeness (QED) is 0.785. The highest BCUT2D eigenvalue weighted by molar-refractivity contribution is 7.89. The summed E-state index contributed by atoms with van der Waals surface area (Å²) in [6, 6.07) is 7.46. The molecule has 0 unspecified atom stereocenters. The molecule has 0 bridgehead atoms. The molecule has 7 nitrogen and oxygen atoms in total. The van der Waals surface area contributed by atoms with Gasteiger partial charge in [0.15, 0.2) is 5.76 Å². The van der Waals surface area contributed by atoms with Crippen molar-refractivity contribution < 1.29 is 12.9 Å². The normalized spacial score (nSPS) is 12.0. The van der Waals surface area contributed by atoms with Crippen molar-refractivity contribution in [3.8, 4) is 0 Å². The smallest absolute Gasteiger partial charge is 0.246 e. The van der Waals surface area contributed by atoms with E-state index in [2.05, 4.69) is 19.8 Å². The summed E-state index contributed by atoms with van der Waals surface area (Å²) >= 11 is 0. The molecule has 0 fully saturated rings. The van der Waals surface area contributed by atoms with Crippen LogP contribution in [-0.4, -0.2) is 23.5 Å². The Balaban J connectivity index is 1.90. The number of nitrogens with zero attached hydrogens (tertiary/aromatic N) is 3.